The van der Waals surface area contributed by atoms with Gasteiger partial charge in [0, 0.05) is 17.0 Å². The van der Waals surface area contributed by atoms with E-state index >= 15 is 0 Å². The van der Waals surface area contributed by atoms with E-state index in [2.05, 4.69) is 17.9 Å². The van der Waals surface area contributed by atoms with Crippen LogP contribution < -0.4 is 4.74 Å². The first-order chi connectivity index (χ1) is 11.1. The van der Waals surface area contributed by atoms with Gasteiger partial charge in [-0.05, 0) is 82.2 Å². The first-order valence-electron chi connectivity index (χ1n) is 9.09. The minimum atomic E-state index is -0.112. The fourth-order valence-electron chi connectivity index (χ4n) is 4.60. The number of hydrogen-bond acceptors (Lipinski definition) is 3. The van der Waals surface area contributed by atoms with Gasteiger partial charge in [-0.3, -0.25) is 4.79 Å². The highest BCUT2D eigenvalue weighted by atomic mass is 16.5. The number of methoxy groups -OCH3 is 1. The van der Waals surface area contributed by atoms with E-state index in [1.165, 1.54) is 18.4 Å². The third kappa shape index (κ3) is 2.59. The van der Waals surface area contributed by atoms with Crippen molar-refractivity contribution in [2.45, 2.75) is 51.5 Å². The second-order valence-corrected chi connectivity index (χ2v) is 7.75. The summed E-state index contributed by atoms with van der Waals surface area (Å²) in [5.74, 6) is 2.08. The van der Waals surface area contributed by atoms with Crippen LogP contribution in [-0.4, -0.2) is 36.9 Å². The quantitative estimate of drug-likeness (QED) is 0.852. The largest absolute Gasteiger partial charge is 0.497 e. The summed E-state index contributed by atoms with van der Waals surface area (Å²) in [6, 6.07) is 6.71. The molecule has 0 aromatic heterocycles. The minimum Gasteiger partial charge on any atom is -0.497 e. The van der Waals surface area contributed by atoms with E-state index in [-0.39, 0.29) is 5.41 Å². The molecule has 0 bridgehead atoms. The fourth-order valence-corrected chi connectivity index (χ4v) is 4.60. The summed E-state index contributed by atoms with van der Waals surface area (Å²) in [7, 11) is 1.67. The van der Waals surface area contributed by atoms with Gasteiger partial charge in [-0.15, -0.1) is 0 Å². The lowest BCUT2D eigenvalue weighted by Gasteiger charge is -2.45. The zero-order valence-electron chi connectivity index (χ0n) is 14.3. The summed E-state index contributed by atoms with van der Waals surface area (Å²) in [5, 5.41) is 0. The lowest BCUT2D eigenvalue weighted by Crippen LogP contribution is -2.49. The molecule has 1 saturated carbocycles. The Morgan fingerprint density at radius 3 is 2.61 bits per heavy atom. The molecule has 0 radical (unpaired) electrons. The van der Waals surface area contributed by atoms with Crippen LogP contribution in [-0.2, 0) is 6.42 Å². The molecule has 2 aliphatic carbocycles. The summed E-state index contributed by atoms with van der Waals surface area (Å²) in [6.07, 6.45) is 6.91. The van der Waals surface area contributed by atoms with Crippen LogP contribution in [0.3, 0.4) is 0 Å². The predicted octanol–water partition coefficient (Wildman–Crippen LogP) is 3.70. The number of Topliss-reactive ketones (excluding diaryl/α,β-unsaturated/α-hetero) is 1. The second kappa shape index (κ2) is 5.62. The summed E-state index contributed by atoms with van der Waals surface area (Å²) < 4.78 is 5.33. The molecule has 124 valence electrons. The van der Waals surface area contributed by atoms with Crippen molar-refractivity contribution in [3.8, 4) is 5.75 Å². The Morgan fingerprint density at radius 2 is 1.96 bits per heavy atom. The number of rotatable bonds is 3. The van der Waals surface area contributed by atoms with Crippen molar-refractivity contribution in [3.63, 3.8) is 0 Å². The molecule has 3 aliphatic rings. The second-order valence-electron chi connectivity index (χ2n) is 7.75. The van der Waals surface area contributed by atoms with Crippen LogP contribution in [0, 0.1) is 11.3 Å². The van der Waals surface area contributed by atoms with E-state index in [9.17, 15) is 4.79 Å². The van der Waals surface area contributed by atoms with E-state index in [1.54, 1.807) is 7.11 Å². The summed E-state index contributed by atoms with van der Waals surface area (Å²) in [5.41, 5.74) is 2.01. The van der Waals surface area contributed by atoms with E-state index in [0.29, 0.717) is 11.8 Å². The lowest BCUT2D eigenvalue weighted by atomic mass is 9.65. The monoisotopic (exact) mass is 313 g/mol. The molecule has 1 spiro atoms. The van der Waals surface area contributed by atoms with E-state index < -0.39 is 0 Å². The predicted molar refractivity (Wildman–Crippen MR) is 91.1 cm³/mol. The standard InChI is InChI=1S/C20H27NO2/c1-14(15-3-4-15)21-11-9-20(10-12-21)8-7-16-5-6-17(23-2)13-18(16)19(20)22/h5-6,13-15H,3-4,7-12H2,1-2H3. The molecule has 3 nitrogen and oxygen atoms in total. The van der Waals surface area contributed by atoms with Crippen LogP contribution in [0.4, 0.5) is 0 Å². The van der Waals surface area contributed by atoms with Gasteiger partial charge < -0.3 is 9.64 Å². The number of fused-ring (bicyclic) bond motifs is 1. The third-order valence-corrected chi connectivity index (χ3v) is 6.55. The molecule has 4 rings (SSSR count). The van der Waals surface area contributed by atoms with Gasteiger partial charge in [0.15, 0.2) is 5.78 Å². The van der Waals surface area contributed by atoms with Crippen LogP contribution in [0.2, 0.25) is 0 Å². The number of benzene rings is 1. The van der Waals surface area contributed by atoms with Crippen LogP contribution >= 0.6 is 0 Å². The number of hydrogen-bond donors (Lipinski definition) is 0. The van der Waals surface area contributed by atoms with Gasteiger partial charge in [-0.25, -0.2) is 0 Å². The molecule has 23 heavy (non-hydrogen) atoms. The lowest BCUT2D eigenvalue weighted by molar-refractivity contribution is 0.0442. The zero-order chi connectivity index (χ0) is 16.0. The molecule has 2 fully saturated rings. The maximum Gasteiger partial charge on any atom is 0.169 e. The number of ketones is 1. The number of carbonyl (C=O) groups is 1. The topological polar surface area (TPSA) is 29.5 Å². The molecular formula is C20H27NO2. The van der Waals surface area contributed by atoms with Crippen molar-refractivity contribution >= 4 is 5.78 Å². The first-order valence-corrected chi connectivity index (χ1v) is 9.09. The Balaban J connectivity index is 1.52. The molecule has 1 heterocycles. The maximum absolute atomic E-state index is 13.2. The van der Waals surface area contributed by atoms with Crippen molar-refractivity contribution in [1.82, 2.24) is 4.90 Å². The summed E-state index contributed by atoms with van der Waals surface area (Å²) in [4.78, 5) is 15.8. The normalized spacial score (nSPS) is 25.2. The maximum atomic E-state index is 13.2. The molecular weight excluding hydrogens is 286 g/mol. The number of likely N-dealkylation sites (tertiary alicyclic amines) is 1. The number of aryl methyl sites for hydroxylation is 1. The van der Waals surface area contributed by atoms with Gasteiger partial charge in [0.05, 0.1) is 7.11 Å². The highest BCUT2D eigenvalue weighted by Crippen LogP contribution is 2.45. The van der Waals surface area contributed by atoms with Crippen LogP contribution in [0.15, 0.2) is 18.2 Å². The number of piperidine rings is 1. The van der Waals surface area contributed by atoms with E-state index in [4.69, 9.17) is 4.74 Å². The minimum absolute atomic E-state index is 0.112. The van der Waals surface area contributed by atoms with Gasteiger partial charge in [-0.2, -0.15) is 0 Å². The van der Waals surface area contributed by atoms with Crippen molar-refractivity contribution < 1.29 is 9.53 Å². The van der Waals surface area contributed by atoms with Gasteiger partial charge in [0.25, 0.3) is 0 Å². The third-order valence-electron chi connectivity index (χ3n) is 6.55. The number of ether oxygens (including phenoxy) is 1. The molecule has 1 saturated heterocycles. The Labute approximate surface area is 139 Å². The van der Waals surface area contributed by atoms with Gasteiger partial charge in [0.1, 0.15) is 5.75 Å². The molecule has 1 aromatic carbocycles. The highest BCUT2D eigenvalue weighted by Gasteiger charge is 2.46. The molecule has 0 amide bonds. The number of nitrogens with zero attached hydrogens (tertiary/aromatic N) is 1. The molecule has 0 N–H and O–H groups in total. The molecule has 3 heteroatoms. The van der Waals surface area contributed by atoms with E-state index in [1.807, 2.05) is 12.1 Å². The smallest absolute Gasteiger partial charge is 0.169 e. The molecule has 1 atom stereocenters. The summed E-state index contributed by atoms with van der Waals surface area (Å²) >= 11 is 0. The zero-order valence-corrected chi connectivity index (χ0v) is 14.3. The Kier molecular flexibility index (Phi) is 3.72. The van der Waals surface area contributed by atoms with Crippen LogP contribution in [0.1, 0.15) is 54.9 Å². The van der Waals surface area contributed by atoms with Crippen molar-refractivity contribution in [2.75, 3.05) is 20.2 Å². The molecule has 1 aromatic rings. The molecule has 1 aliphatic heterocycles. The average molecular weight is 313 g/mol. The average Bonchev–Trinajstić information content (AvgIpc) is 3.43. The van der Waals surface area contributed by atoms with Crippen molar-refractivity contribution in [2.24, 2.45) is 11.3 Å². The highest BCUT2D eigenvalue weighted by molar-refractivity contribution is 6.03. The fraction of sp³-hybridized carbons (Fsp3) is 0.650. The van der Waals surface area contributed by atoms with Gasteiger partial charge in [-0.1, -0.05) is 6.07 Å². The Morgan fingerprint density at radius 1 is 1.22 bits per heavy atom. The van der Waals surface area contributed by atoms with Crippen LogP contribution in [0.5, 0.6) is 5.75 Å². The first kappa shape index (κ1) is 15.2. The van der Waals surface area contributed by atoms with Crippen molar-refractivity contribution in [1.29, 1.82) is 0 Å². The van der Waals surface area contributed by atoms with Gasteiger partial charge in [0.2, 0.25) is 0 Å². The SMILES string of the molecule is COc1ccc2c(c1)C(=O)C1(CC2)CCN(C(C)C2CC2)CC1. The number of carbonyl (C=O) groups excluding carboxylic acids is 1. The van der Waals surface area contributed by atoms with Gasteiger partial charge >= 0.3 is 0 Å². The molecule has 1 unspecified atom stereocenters. The van der Waals surface area contributed by atoms with Crippen molar-refractivity contribution in [3.05, 3.63) is 29.3 Å². The Hall–Kier alpha value is -1.35. The Bertz CT molecular complexity index is 612. The van der Waals surface area contributed by atoms with Crippen LogP contribution in [0.25, 0.3) is 0 Å². The summed E-state index contributed by atoms with van der Waals surface area (Å²) in [6.45, 7) is 4.55. The van der Waals surface area contributed by atoms with E-state index in [0.717, 1.165) is 56.0 Å².